The van der Waals surface area contributed by atoms with Crippen LogP contribution in [0.5, 0.6) is 0 Å². The maximum absolute atomic E-state index is 11.8. The minimum Gasteiger partial charge on any atom is -0.385 e. The SMILES string of the molecule is COC(COP(O)O)[C@H](O)C(C)(O)n1ccc(=S)[nH]c1=O. The van der Waals surface area contributed by atoms with Crippen molar-refractivity contribution in [1.29, 1.82) is 0 Å². The van der Waals surface area contributed by atoms with Crippen molar-refractivity contribution in [3.8, 4) is 0 Å². The number of nitrogens with zero attached hydrogens (tertiary/aromatic N) is 1. The lowest BCUT2D eigenvalue weighted by atomic mass is 10.0. The number of hydrogen-bond acceptors (Lipinski definition) is 8. The maximum atomic E-state index is 11.8. The van der Waals surface area contributed by atoms with Gasteiger partial charge in [0.15, 0.2) is 5.72 Å². The van der Waals surface area contributed by atoms with E-state index in [0.717, 1.165) is 4.57 Å². The molecule has 0 aliphatic carbocycles. The summed E-state index contributed by atoms with van der Waals surface area (Å²) in [4.78, 5) is 31.5. The van der Waals surface area contributed by atoms with Gasteiger partial charge in [0.25, 0.3) is 0 Å². The molecule has 120 valence electrons. The molecule has 1 heterocycles. The third-order valence-electron chi connectivity index (χ3n) is 2.88. The van der Waals surface area contributed by atoms with Crippen LogP contribution in [0.25, 0.3) is 0 Å². The summed E-state index contributed by atoms with van der Waals surface area (Å²) in [5, 5.41) is 20.6. The quantitative estimate of drug-likeness (QED) is 0.321. The van der Waals surface area contributed by atoms with E-state index in [1.54, 1.807) is 0 Å². The number of aliphatic hydroxyl groups is 2. The Labute approximate surface area is 126 Å². The first kappa shape index (κ1) is 18.3. The normalized spacial score (nSPS) is 17.5. The van der Waals surface area contributed by atoms with Gasteiger partial charge < -0.3 is 29.3 Å². The van der Waals surface area contributed by atoms with Gasteiger partial charge in [-0.15, -0.1) is 0 Å². The molecule has 0 fully saturated rings. The van der Waals surface area contributed by atoms with Crippen LogP contribution in [0.4, 0.5) is 0 Å². The number of rotatable bonds is 7. The summed E-state index contributed by atoms with van der Waals surface area (Å²) in [5.74, 6) is 0. The number of hydrogen-bond donors (Lipinski definition) is 5. The van der Waals surface area contributed by atoms with Gasteiger partial charge in [0.2, 0.25) is 0 Å². The van der Waals surface area contributed by atoms with Gasteiger partial charge in [0, 0.05) is 13.3 Å². The lowest BCUT2D eigenvalue weighted by molar-refractivity contribution is -0.176. The monoisotopic (exact) mass is 340 g/mol. The second-order valence-electron chi connectivity index (χ2n) is 4.34. The molecule has 0 amide bonds. The number of aliphatic hydroxyl groups excluding tert-OH is 1. The number of ether oxygens (including phenoxy) is 1. The second-order valence-corrected chi connectivity index (χ2v) is 5.55. The molecule has 11 heteroatoms. The summed E-state index contributed by atoms with van der Waals surface area (Å²) in [6.45, 7) is 0.812. The van der Waals surface area contributed by atoms with Gasteiger partial charge in [-0.2, -0.15) is 0 Å². The highest BCUT2D eigenvalue weighted by Gasteiger charge is 2.39. The Kier molecular flexibility index (Phi) is 6.57. The highest BCUT2D eigenvalue weighted by Crippen LogP contribution is 2.27. The zero-order valence-corrected chi connectivity index (χ0v) is 13.0. The van der Waals surface area contributed by atoms with Gasteiger partial charge in [0.05, 0.1) is 6.61 Å². The third kappa shape index (κ3) is 4.63. The van der Waals surface area contributed by atoms with E-state index in [2.05, 4.69) is 9.51 Å². The van der Waals surface area contributed by atoms with Gasteiger partial charge in [-0.25, -0.2) is 4.79 Å². The van der Waals surface area contributed by atoms with Crippen LogP contribution in [0.3, 0.4) is 0 Å². The fraction of sp³-hybridized carbons (Fsp3) is 0.600. The molecule has 0 saturated carbocycles. The molecular weight excluding hydrogens is 323 g/mol. The first-order valence-electron chi connectivity index (χ1n) is 5.76. The van der Waals surface area contributed by atoms with Crippen LogP contribution >= 0.6 is 20.8 Å². The highest BCUT2D eigenvalue weighted by atomic mass is 32.1. The van der Waals surface area contributed by atoms with Crippen molar-refractivity contribution in [2.45, 2.75) is 24.9 Å². The van der Waals surface area contributed by atoms with Gasteiger partial charge in [-0.1, -0.05) is 12.2 Å². The minimum atomic E-state index is -2.63. The van der Waals surface area contributed by atoms with Crippen molar-refractivity contribution in [3.63, 3.8) is 0 Å². The van der Waals surface area contributed by atoms with Crippen LogP contribution < -0.4 is 5.69 Å². The Bertz CT molecular complexity index is 573. The molecule has 1 rings (SSSR count). The topological polar surface area (TPSA) is 137 Å². The van der Waals surface area contributed by atoms with E-state index in [4.69, 9.17) is 26.7 Å². The summed E-state index contributed by atoms with van der Waals surface area (Å²) in [5.41, 5.74) is -2.75. The van der Waals surface area contributed by atoms with E-state index in [1.807, 2.05) is 0 Å². The van der Waals surface area contributed by atoms with Crippen molar-refractivity contribution in [3.05, 3.63) is 27.4 Å². The summed E-state index contributed by atoms with van der Waals surface area (Å²) in [6, 6.07) is 1.37. The standard InChI is InChI=1S/C10H17N2O7PS/c1-10(15,12-4-3-7(21)11-9(12)14)8(13)6(18-2)5-19-20(16)17/h3-4,6,8,13,15-17H,5H2,1-2H3,(H,11,14,21)/t6?,8-,10?/m0/s1. The largest absolute Gasteiger partial charge is 0.385 e. The predicted molar refractivity (Wildman–Crippen MR) is 75.9 cm³/mol. The smallest absolute Gasteiger partial charge is 0.328 e. The van der Waals surface area contributed by atoms with E-state index in [9.17, 15) is 15.0 Å². The zero-order chi connectivity index (χ0) is 16.2. The first-order chi connectivity index (χ1) is 9.70. The fourth-order valence-electron chi connectivity index (χ4n) is 1.70. The molecule has 5 N–H and O–H groups in total. The van der Waals surface area contributed by atoms with Crippen LogP contribution in [0.2, 0.25) is 0 Å². The summed E-state index contributed by atoms with van der Waals surface area (Å²) >= 11 is 4.78. The lowest BCUT2D eigenvalue weighted by Crippen LogP contribution is -2.54. The van der Waals surface area contributed by atoms with Gasteiger partial charge >= 0.3 is 14.3 Å². The Hall–Kier alpha value is -0.710. The second kappa shape index (κ2) is 7.52. The summed E-state index contributed by atoms with van der Waals surface area (Å²) in [6.07, 6.45) is -1.46. The van der Waals surface area contributed by atoms with E-state index in [-0.39, 0.29) is 11.2 Å². The molecule has 0 spiro atoms. The average molecular weight is 340 g/mol. The summed E-state index contributed by atoms with van der Waals surface area (Å²) < 4.78 is 10.5. The molecule has 1 aromatic heterocycles. The molecule has 0 radical (unpaired) electrons. The van der Waals surface area contributed by atoms with E-state index < -0.39 is 32.2 Å². The van der Waals surface area contributed by atoms with Crippen molar-refractivity contribution in [1.82, 2.24) is 9.55 Å². The molecule has 9 nitrogen and oxygen atoms in total. The molecule has 3 atom stereocenters. The molecule has 0 aliphatic heterocycles. The molecule has 1 aromatic rings. The van der Waals surface area contributed by atoms with E-state index in [0.29, 0.717) is 0 Å². The van der Waals surface area contributed by atoms with Crippen LogP contribution in [0.1, 0.15) is 6.92 Å². The maximum Gasteiger partial charge on any atom is 0.328 e. The number of nitrogens with one attached hydrogen (secondary N) is 1. The van der Waals surface area contributed by atoms with Crippen molar-refractivity contribution in [2.24, 2.45) is 0 Å². The van der Waals surface area contributed by atoms with E-state index >= 15 is 0 Å². The first-order valence-corrected chi connectivity index (χ1v) is 7.34. The van der Waals surface area contributed by atoms with Crippen molar-refractivity contribution >= 4 is 20.8 Å². The number of H-pyrrole nitrogens is 1. The van der Waals surface area contributed by atoms with Crippen molar-refractivity contribution < 1.29 is 29.3 Å². The molecule has 21 heavy (non-hydrogen) atoms. The highest BCUT2D eigenvalue weighted by molar-refractivity contribution is 7.71. The molecular formula is C10H17N2O7PS. The van der Waals surface area contributed by atoms with Crippen LogP contribution in [-0.2, 0) is 15.0 Å². The Morgan fingerprint density at radius 2 is 2.19 bits per heavy atom. The van der Waals surface area contributed by atoms with E-state index in [1.165, 1.54) is 26.3 Å². The molecule has 0 bridgehead atoms. The Balaban J connectivity index is 3.03. The van der Waals surface area contributed by atoms with Gasteiger partial charge in [-0.3, -0.25) is 9.55 Å². The number of aromatic nitrogens is 2. The zero-order valence-electron chi connectivity index (χ0n) is 11.3. The molecule has 0 aromatic carbocycles. The van der Waals surface area contributed by atoms with Crippen LogP contribution in [0, 0.1) is 4.64 Å². The van der Waals surface area contributed by atoms with Crippen molar-refractivity contribution in [2.75, 3.05) is 13.7 Å². The number of aromatic amines is 1. The molecule has 2 unspecified atom stereocenters. The minimum absolute atomic E-state index is 0.180. The lowest BCUT2D eigenvalue weighted by Gasteiger charge is -2.34. The number of methoxy groups -OCH3 is 1. The Morgan fingerprint density at radius 1 is 1.57 bits per heavy atom. The average Bonchev–Trinajstić information content (AvgIpc) is 2.38. The van der Waals surface area contributed by atoms with Crippen LogP contribution in [0.15, 0.2) is 17.1 Å². The molecule has 0 aliphatic rings. The molecule has 0 saturated heterocycles. The summed E-state index contributed by atoms with van der Waals surface area (Å²) in [7, 11) is -1.38. The predicted octanol–water partition coefficient (Wildman–Crippen LogP) is -0.825. The van der Waals surface area contributed by atoms with Gasteiger partial charge in [0.1, 0.15) is 16.8 Å². The third-order valence-corrected chi connectivity index (χ3v) is 3.50. The van der Waals surface area contributed by atoms with Gasteiger partial charge in [-0.05, 0) is 13.0 Å². The Morgan fingerprint density at radius 3 is 2.67 bits per heavy atom. The van der Waals surface area contributed by atoms with Crippen LogP contribution in [-0.4, -0.2) is 55.5 Å². The fourth-order valence-corrected chi connectivity index (χ4v) is 2.13.